The number of nitrogens with zero attached hydrogens (tertiary/aromatic N) is 3. The van der Waals surface area contributed by atoms with Crippen molar-refractivity contribution in [2.75, 3.05) is 21.1 Å². The molecule has 0 unspecified atom stereocenters. The molecule has 2 N–H and O–H groups in total. The van der Waals surface area contributed by atoms with Crippen molar-refractivity contribution in [3.63, 3.8) is 0 Å². The Morgan fingerprint density at radius 1 is 1.00 bits per heavy atom. The summed E-state index contributed by atoms with van der Waals surface area (Å²) in [4.78, 5) is 11.0. The molecular weight excluding hydrogens is 350 g/mol. The monoisotopic (exact) mass is 377 g/mol. The van der Waals surface area contributed by atoms with E-state index < -0.39 is 0 Å². The van der Waals surface area contributed by atoms with E-state index in [4.69, 9.17) is 4.42 Å². The van der Waals surface area contributed by atoms with Gasteiger partial charge in [0, 0.05) is 25.7 Å². The van der Waals surface area contributed by atoms with Crippen LogP contribution in [0.1, 0.15) is 16.8 Å². The summed E-state index contributed by atoms with van der Waals surface area (Å²) in [6.07, 6.45) is 1.67. The van der Waals surface area contributed by atoms with Crippen LogP contribution >= 0.6 is 0 Å². The second kappa shape index (κ2) is 9.71. The fourth-order valence-corrected chi connectivity index (χ4v) is 2.89. The Balaban J connectivity index is 1.52. The summed E-state index contributed by atoms with van der Waals surface area (Å²) in [5.41, 5.74) is 4.31. The molecule has 0 saturated carbocycles. The third-order valence-corrected chi connectivity index (χ3v) is 4.18. The Kier molecular flexibility index (Phi) is 6.81. The molecular formula is C22H27N5O. The molecule has 6 nitrogen and oxygen atoms in total. The van der Waals surface area contributed by atoms with Gasteiger partial charge in [-0.1, -0.05) is 42.5 Å². The van der Waals surface area contributed by atoms with Gasteiger partial charge >= 0.3 is 0 Å². The molecule has 3 rings (SSSR count). The van der Waals surface area contributed by atoms with Gasteiger partial charge in [-0.2, -0.15) is 0 Å². The molecule has 1 heterocycles. The van der Waals surface area contributed by atoms with Crippen molar-refractivity contribution in [2.24, 2.45) is 4.99 Å². The van der Waals surface area contributed by atoms with Gasteiger partial charge in [0.15, 0.2) is 5.96 Å². The van der Waals surface area contributed by atoms with Crippen LogP contribution in [0, 0.1) is 0 Å². The van der Waals surface area contributed by atoms with Crippen LogP contribution in [0.4, 0.5) is 0 Å². The summed E-state index contributed by atoms with van der Waals surface area (Å²) < 4.78 is 5.58. The number of guanidine groups is 1. The van der Waals surface area contributed by atoms with Crippen LogP contribution in [-0.4, -0.2) is 37.0 Å². The van der Waals surface area contributed by atoms with Crippen LogP contribution in [-0.2, 0) is 19.6 Å². The van der Waals surface area contributed by atoms with E-state index in [2.05, 4.69) is 63.9 Å². The lowest BCUT2D eigenvalue weighted by atomic mass is 10.1. The fourth-order valence-electron chi connectivity index (χ4n) is 2.89. The van der Waals surface area contributed by atoms with Crippen molar-refractivity contribution >= 4 is 5.96 Å². The molecule has 0 fully saturated rings. The summed E-state index contributed by atoms with van der Waals surface area (Å²) >= 11 is 0. The first kappa shape index (κ1) is 19.6. The molecule has 0 aliphatic rings. The van der Waals surface area contributed by atoms with Gasteiger partial charge < -0.3 is 20.0 Å². The first-order chi connectivity index (χ1) is 13.6. The molecule has 0 aliphatic heterocycles. The topological polar surface area (TPSA) is 65.7 Å². The highest BCUT2D eigenvalue weighted by Crippen LogP contribution is 2.17. The van der Waals surface area contributed by atoms with E-state index in [9.17, 15) is 0 Å². The van der Waals surface area contributed by atoms with Gasteiger partial charge in [0.1, 0.15) is 6.26 Å². The standard InChI is InChI=1S/C22H27N5O/c1-23-22(24-13-17-8-7-9-18(12-17)15-27(2)3)25-14-20-16-28-21(26-20)19-10-5-4-6-11-19/h4-12,16H,13-15H2,1-3H3,(H2,23,24,25). The highest BCUT2D eigenvalue weighted by Gasteiger charge is 2.07. The minimum Gasteiger partial charge on any atom is -0.444 e. The van der Waals surface area contributed by atoms with Gasteiger partial charge in [-0.05, 0) is 37.4 Å². The fraction of sp³-hybridized carbons (Fsp3) is 0.273. The van der Waals surface area contributed by atoms with E-state index in [-0.39, 0.29) is 0 Å². The van der Waals surface area contributed by atoms with Crippen molar-refractivity contribution in [1.29, 1.82) is 0 Å². The van der Waals surface area contributed by atoms with Gasteiger partial charge in [-0.3, -0.25) is 4.99 Å². The number of hydrogen-bond donors (Lipinski definition) is 2. The zero-order valence-electron chi connectivity index (χ0n) is 16.6. The zero-order valence-corrected chi connectivity index (χ0v) is 16.6. The highest BCUT2D eigenvalue weighted by atomic mass is 16.3. The summed E-state index contributed by atoms with van der Waals surface area (Å²) in [5, 5.41) is 6.62. The molecule has 2 aromatic carbocycles. The lowest BCUT2D eigenvalue weighted by molar-refractivity contribution is 0.402. The predicted molar refractivity (Wildman–Crippen MR) is 113 cm³/mol. The van der Waals surface area contributed by atoms with Gasteiger partial charge in [0.25, 0.3) is 0 Å². The average molecular weight is 377 g/mol. The third-order valence-electron chi connectivity index (χ3n) is 4.18. The number of hydrogen-bond acceptors (Lipinski definition) is 4. The third kappa shape index (κ3) is 5.69. The Hall–Kier alpha value is -3.12. The lowest BCUT2D eigenvalue weighted by Crippen LogP contribution is -2.36. The van der Waals surface area contributed by atoms with Gasteiger partial charge in [0.05, 0.1) is 12.2 Å². The van der Waals surface area contributed by atoms with E-state index in [1.165, 1.54) is 11.1 Å². The Labute approximate surface area is 166 Å². The van der Waals surface area contributed by atoms with Crippen molar-refractivity contribution in [3.8, 4) is 11.5 Å². The van der Waals surface area contributed by atoms with E-state index in [0.29, 0.717) is 19.0 Å². The molecule has 146 valence electrons. The normalized spacial score (nSPS) is 11.6. The van der Waals surface area contributed by atoms with Gasteiger partial charge in [0.2, 0.25) is 5.89 Å². The maximum atomic E-state index is 5.58. The second-order valence-corrected chi connectivity index (χ2v) is 6.85. The quantitative estimate of drug-likeness (QED) is 0.489. The molecule has 0 radical (unpaired) electrons. The minimum atomic E-state index is 0.538. The van der Waals surface area contributed by atoms with Crippen LogP contribution in [0.3, 0.4) is 0 Å². The van der Waals surface area contributed by atoms with Crippen LogP contribution < -0.4 is 10.6 Å². The van der Waals surface area contributed by atoms with E-state index in [0.717, 1.165) is 23.8 Å². The van der Waals surface area contributed by atoms with Crippen LogP contribution in [0.15, 0.2) is 70.3 Å². The molecule has 3 aromatic rings. The van der Waals surface area contributed by atoms with Crippen molar-refractivity contribution < 1.29 is 4.42 Å². The maximum absolute atomic E-state index is 5.58. The van der Waals surface area contributed by atoms with Crippen molar-refractivity contribution in [2.45, 2.75) is 19.6 Å². The summed E-state index contributed by atoms with van der Waals surface area (Å²) in [6.45, 7) is 2.17. The SMILES string of the molecule is CN=C(NCc1cccc(CN(C)C)c1)NCc1coc(-c2ccccc2)n1. The van der Waals surface area contributed by atoms with Gasteiger partial charge in [-0.25, -0.2) is 4.98 Å². The molecule has 6 heteroatoms. The number of aromatic nitrogens is 1. The van der Waals surface area contributed by atoms with Crippen LogP contribution in [0.25, 0.3) is 11.5 Å². The van der Waals surface area contributed by atoms with Crippen molar-refractivity contribution in [1.82, 2.24) is 20.5 Å². The van der Waals surface area contributed by atoms with E-state index in [1.807, 2.05) is 30.3 Å². The van der Waals surface area contributed by atoms with Crippen LogP contribution in [0.5, 0.6) is 0 Å². The maximum Gasteiger partial charge on any atom is 0.226 e. The van der Waals surface area contributed by atoms with Crippen molar-refractivity contribution in [3.05, 3.63) is 77.7 Å². The molecule has 0 atom stereocenters. The first-order valence-corrected chi connectivity index (χ1v) is 9.31. The van der Waals surface area contributed by atoms with E-state index >= 15 is 0 Å². The lowest BCUT2D eigenvalue weighted by Gasteiger charge is -2.13. The molecule has 28 heavy (non-hydrogen) atoms. The average Bonchev–Trinajstić information content (AvgIpc) is 3.18. The Morgan fingerprint density at radius 2 is 1.75 bits per heavy atom. The second-order valence-electron chi connectivity index (χ2n) is 6.85. The number of aliphatic imine (C=N–C) groups is 1. The van der Waals surface area contributed by atoms with E-state index in [1.54, 1.807) is 13.3 Å². The van der Waals surface area contributed by atoms with Gasteiger partial charge in [-0.15, -0.1) is 0 Å². The summed E-state index contributed by atoms with van der Waals surface area (Å²) in [5.74, 6) is 1.35. The minimum absolute atomic E-state index is 0.538. The zero-order chi connectivity index (χ0) is 19.8. The Bertz CT molecular complexity index is 902. The molecule has 0 bridgehead atoms. The number of rotatable bonds is 7. The molecule has 1 aromatic heterocycles. The number of benzene rings is 2. The molecule has 0 spiro atoms. The largest absolute Gasteiger partial charge is 0.444 e. The summed E-state index contributed by atoms with van der Waals surface area (Å²) in [6, 6.07) is 18.4. The molecule has 0 saturated heterocycles. The molecule has 0 aliphatic carbocycles. The Morgan fingerprint density at radius 3 is 2.50 bits per heavy atom. The van der Waals surface area contributed by atoms with Crippen LogP contribution in [0.2, 0.25) is 0 Å². The predicted octanol–water partition coefficient (Wildman–Crippen LogP) is 3.27. The smallest absolute Gasteiger partial charge is 0.226 e. The summed E-state index contributed by atoms with van der Waals surface area (Å²) in [7, 11) is 5.91. The highest BCUT2D eigenvalue weighted by molar-refractivity contribution is 5.79. The number of nitrogens with one attached hydrogen (secondary N) is 2. The first-order valence-electron chi connectivity index (χ1n) is 9.31. The molecule has 0 amide bonds. The number of oxazole rings is 1.